The summed E-state index contributed by atoms with van der Waals surface area (Å²) in [7, 11) is 0. The van der Waals surface area contributed by atoms with Gasteiger partial charge in [-0.25, -0.2) is 4.98 Å². The monoisotopic (exact) mass is 440 g/mol. The van der Waals surface area contributed by atoms with Gasteiger partial charge in [0.2, 0.25) is 0 Å². The summed E-state index contributed by atoms with van der Waals surface area (Å²) in [5, 5.41) is 23.1. The number of piperidine rings is 1. The third kappa shape index (κ3) is 9.97. The molecule has 0 atom stereocenters. The van der Waals surface area contributed by atoms with Gasteiger partial charge in [0, 0.05) is 41.6 Å². The van der Waals surface area contributed by atoms with E-state index in [1.807, 2.05) is 18.3 Å². The number of nitrogens with one attached hydrogen (secondary N) is 1. The second-order valence-electron chi connectivity index (χ2n) is 6.82. The number of H-pyrrole nitrogens is 1. The Morgan fingerprint density at radius 2 is 1.77 bits per heavy atom. The Bertz CT molecular complexity index is 710. The topological polar surface area (TPSA) is 130 Å². The standard InChI is InChI=1S/C18H28N4OS.2CH2O2/c1-15-18(20-14-19-15)13-22(9-10-23)12-17-6-5-16(24-17)11-21-7-3-2-4-8-21;2*2-1-3/h5-6,14,23H,2-4,7-13H2,1H3,(H,19,20);2*1H,(H,2,3). The van der Waals surface area contributed by atoms with Crippen LogP contribution in [-0.2, 0) is 29.2 Å². The van der Waals surface area contributed by atoms with Crippen molar-refractivity contribution in [2.45, 2.75) is 45.8 Å². The molecule has 0 aliphatic carbocycles. The van der Waals surface area contributed by atoms with Crippen molar-refractivity contribution in [3.05, 3.63) is 39.6 Å². The molecule has 0 aromatic carbocycles. The van der Waals surface area contributed by atoms with Crippen LogP contribution in [0.4, 0.5) is 0 Å². The van der Waals surface area contributed by atoms with Crippen LogP contribution in [-0.4, -0.2) is 74.3 Å². The van der Waals surface area contributed by atoms with E-state index in [-0.39, 0.29) is 19.6 Å². The molecule has 1 saturated heterocycles. The fourth-order valence-corrected chi connectivity index (χ4v) is 4.37. The van der Waals surface area contributed by atoms with Gasteiger partial charge in [-0.3, -0.25) is 19.4 Å². The van der Waals surface area contributed by atoms with Crippen LogP contribution in [0.2, 0.25) is 0 Å². The molecule has 0 radical (unpaired) electrons. The predicted molar refractivity (Wildman–Crippen MR) is 115 cm³/mol. The first-order valence-electron chi connectivity index (χ1n) is 9.85. The van der Waals surface area contributed by atoms with E-state index in [2.05, 4.69) is 31.9 Å². The molecule has 2 aromatic rings. The van der Waals surface area contributed by atoms with E-state index in [0.29, 0.717) is 6.54 Å². The van der Waals surface area contributed by atoms with Crippen molar-refractivity contribution in [2.75, 3.05) is 26.2 Å². The van der Waals surface area contributed by atoms with Crippen molar-refractivity contribution in [3.63, 3.8) is 0 Å². The average molecular weight is 441 g/mol. The van der Waals surface area contributed by atoms with Crippen LogP contribution in [0.1, 0.15) is 40.4 Å². The van der Waals surface area contributed by atoms with Gasteiger partial charge in [-0.1, -0.05) is 6.42 Å². The van der Waals surface area contributed by atoms with Gasteiger partial charge in [0.15, 0.2) is 0 Å². The number of likely N-dealkylation sites (tertiary alicyclic amines) is 1. The molecule has 2 aromatic heterocycles. The highest BCUT2D eigenvalue weighted by Crippen LogP contribution is 2.22. The van der Waals surface area contributed by atoms with Crippen molar-refractivity contribution in [1.29, 1.82) is 0 Å². The number of imidazole rings is 1. The molecule has 0 saturated carbocycles. The zero-order valence-electron chi connectivity index (χ0n) is 17.4. The van der Waals surface area contributed by atoms with Gasteiger partial charge in [0.25, 0.3) is 12.9 Å². The summed E-state index contributed by atoms with van der Waals surface area (Å²) in [5.74, 6) is 0. The molecule has 4 N–H and O–H groups in total. The highest BCUT2D eigenvalue weighted by Gasteiger charge is 2.14. The van der Waals surface area contributed by atoms with Crippen LogP contribution in [0.15, 0.2) is 18.5 Å². The van der Waals surface area contributed by atoms with Crippen molar-refractivity contribution in [1.82, 2.24) is 19.8 Å². The maximum atomic E-state index is 9.36. The number of carbonyl (C=O) groups is 2. The average Bonchev–Trinajstić information content (AvgIpc) is 3.33. The largest absolute Gasteiger partial charge is 0.483 e. The van der Waals surface area contributed by atoms with Gasteiger partial charge in [0.1, 0.15) is 0 Å². The van der Waals surface area contributed by atoms with E-state index in [1.165, 1.54) is 42.1 Å². The van der Waals surface area contributed by atoms with Crippen molar-refractivity contribution >= 4 is 24.3 Å². The molecule has 10 heteroatoms. The molecule has 0 bridgehead atoms. The van der Waals surface area contributed by atoms with Crippen LogP contribution in [0.5, 0.6) is 0 Å². The first-order valence-corrected chi connectivity index (χ1v) is 10.7. The normalized spacial score (nSPS) is 13.7. The molecular weight excluding hydrogens is 408 g/mol. The Morgan fingerprint density at radius 3 is 2.33 bits per heavy atom. The zero-order chi connectivity index (χ0) is 22.2. The third-order valence-electron chi connectivity index (χ3n) is 4.65. The lowest BCUT2D eigenvalue weighted by Gasteiger charge is -2.25. The number of aliphatic hydroxyl groups excluding tert-OH is 1. The van der Waals surface area contributed by atoms with E-state index in [9.17, 15) is 5.11 Å². The minimum Gasteiger partial charge on any atom is -0.483 e. The summed E-state index contributed by atoms with van der Waals surface area (Å²) >= 11 is 1.90. The van der Waals surface area contributed by atoms with E-state index in [0.717, 1.165) is 31.0 Å². The molecule has 30 heavy (non-hydrogen) atoms. The van der Waals surface area contributed by atoms with Crippen molar-refractivity contribution in [2.24, 2.45) is 0 Å². The van der Waals surface area contributed by atoms with E-state index in [4.69, 9.17) is 19.8 Å². The van der Waals surface area contributed by atoms with Crippen molar-refractivity contribution < 1.29 is 24.9 Å². The Morgan fingerprint density at radius 1 is 1.13 bits per heavy atom. The van der Waals surface area contributed by atoms with Crippen LogP contribution < -0.4 is 0 Å². The first-order chi connectivity index (χ1) is 14.6. The summed E-state index contributed by atoms with van der Waals surface area (Å²) in [6.07, 6.45) is 5.80. The Labute approximate surface area is 181 Å². The molecule has 1 aliphatic rings. The third-order valence-corrected chi connectivity index (χ3v) is 5.70. The highest BCUT2D eigenvalue weighted by molar-refractivity contribution is 7.11. The number of rotatable bonds is 8. The van der Waals surface area contributed by atoms with Gasteiger partial charge in [-0.05, 0) is 45.0 Å². The summed E-state index contributed by atoms with van der Waals surface area (Å²) < 4.78 is 0. The molecule has 1 fully saturated rings. The molecule has 168 valence electrons. The molecular formula is C20H32N4O5S. The SMILES string of the molecule is Cc1[nH]cnc1CN(CCO)Cc1ccc(CN2CCCCC2)s1.O=CO.O=CO. The molecule has 3 rings (SSSR count). The Hall–Kier alpha value is -2.27. The van der Waals surface area contributed by atoms with Gasteiger partial charge in [0.05, 0.1) is 18.6 Å². The number of hydrogen-bond acceptors (Lipinski definition) is 7. The Kier molecular flexibility index (Phi) is 13.4. The predicted octanol–water partition coefficient (Wildman–Crippen LogP) is 2.16. The van der Waals surface area contributed by atoms with Crippen LogP contribution in [0.25, 0.3) is 0 Å². The summed E-state index contributed by atoms with van der Waals surface area (Å²) in [5.41, 5.74) is 2.17. The lowest BCUT2D eigenvalue weighted by Crippen LogP contribution is -2.28. The fraction of sp³-hybridized carbons (Fsp3) is 0.550. The molecule has 0 spiro atoms. The van der Waals surface area contributed by atoms with E-state index in [1.54, 1.807) is 6.33 Å². The lowest BCUT2D eigenvalue weighted by molar-refractivity contribution is -0.123. The molecule has 3 heterocycles. The summed E-state index contributed by atoms with van der Waals surface area (Å²) in [4.78, 5) is 31.9. The number of aliphatic hydroxyl groups is 1. The number of hydrogen-bond donors (Lipinski definition) is 4. The van der Waals surface area contributed by atoms with Gasteiger partial charge in [-0.2, -0.15) is 0 Å². The second kappa shape index (κ2) is 15.6. The van der Waals surface area contributed by atoms with E-state index < -0.39 is 0 Å². The smallest absolute Gasteiger partial charge is 0.290 e. The number of aromatic nitrogens is 2. The van der Waals surface area contributed by atoms with Gasteiger partial charge >= 0.3 is 0 Å². The highest BCUT2D eigenvalue weighted by atomic mass is 32.1. The quantitative estimate of drug-likeness (QED) is 0.460. The number of carboxylic acid groups (broad SMARTS) is 2. The maximum Gasteiger partial charge on any atom is 0.290 e. The van der Waals surface area contributed by atoms with Crippen LogP contribution in [0.3, 0.4) is 0 Å². The Balaban J connectivity index is 0.000000672. The molecule has 9 nitrogen and oxygen atoms in total. The van der Waals surface area contributed by atoms with Crippen LogP contribution >= 0.6 is 11.3 Å². The van der Waals surface area contributed by atoms with Crippen LogP contribution in [0, 0.1) is 6.92 Å². The van der Waals surface area contributed by atoms with E-state index >= 15 is 0 Å². The number of aromatic amines is 1. The number of nitrogens with zero attached hydrogens (tertiary/aromatic N) is 3. The number of thiophene rings is 1. The fourth-order valence-electron chi connectivity index (χ4n) is 3.26. The molecule has 0 unspecified atom stereocenters. The van der Waals surface area contributed by atoms with Gasteiger partial charge in [-0.15, -0.1) is 11.3 Å². The molecule has 1 aliphatic heterocycles. The minimum atomic E-state index is -0.250. The minimum absolute atomic E-state index is 0.176. The first kappa shape index (κ1) is 25.8. The summed E-state index contributed by atoms with van der Waals surface area (Å²) in [6, 6.07) is 4.51. The maximum absolute atomic E-state index is 9.36. The number of aryl methyl sites for hydroxylation is 1. The molecule has 0 amide bonds. The van der Waals surface area contributed by atoms with Crippen molar-refractivity contribution in [3.8, 4) is 0 Å². The second-order valence-corrected chi connectivity index (χ2v) is 8.08. The lowest BCUT2D eigenvalue weighted by atomic mass is 10.1. The van der Waals surface area contributed by atoms with Gasteiger partial charge < -0.3 is 20.3 Å². The summed E-state index contributed by atoms with van der Waals surface area (Å²) in [6.45, 7) is 7.60. The zero-order valence-corrected chi connectivity index (χ0v) is 18.2.